The highest BCUT2D eigenvalue weighted by molar-refractivity contribution is 7.47. The van der Waals surface area contributed by atoms with Gasteiger partial charge in [0.15, 0.2) is 6.10 Å². The summed E-state index contributed by atoms with van der Waals surface area (Å²) in [5, 5.41) is 20.4. The highest BCUT2D eigenvalue weighted by Gasteiger charge is 2.29. The SMILES string of the molecule is CCCCC/C=C\C/C=C\CCCCCCCC(=O)OCC(O)COP(=O)(O)OCC(O)COP(=O)(O)OCC(COC(=O)CCCCCCCCCCCCCCC)OC(=O)CCCCCCCCCCCCCCC. The van der Waals surface area contributed by atoms with Gasteiger partial charge in [-0.15, -0.1) is 0 Å². The van der Waals surface area contributed by atoms with Crippen molar-refractivity contribution in [2.45, 2.75) is 296 Å². The Hall–Kier alpha value is -1.97. The van der Waals surface area contributed by atoms with Gasteiger partial charge in [-0.2, -0.15) is 0 Å². The second kappa shape index (κ2) is 54.6. The summed E-state index contributed by atoms with van der Waals surface area (Å²) in [6.07, 6.45) is 46.7. The van der Waals surface area contributed by atoms with Crippen LogP contribution >= 0.6 is 15.6 Å². The van der Waals surface area contributed by atoms with Crippen molar-refractivity contribution in [2.75, 3.05) is 39.6 Å². The molecule has 0 aliphatic heterocycles. The number of rotatable bonds is 59. The lowest BCUT2D eigenvalue weighted by atomic mass is 10.0. The summed E-state index contributed by atoms with van der Waals surface area (Å²) in [6.45, 7) is 2.65. The van der Waals surface area contributed by atoms with E-state index in [9.17, 15) is 43.5 Å². The number of esters is 3. The van der Waals surface area contributed by atoms with E-state index in [4.69, 9.17) is 32.3 Å². The van der Waals surface area contributed by atoms with Crippen LogP contribution in [0.1, 0.15) is 278 Å². The number of carbonyl (C=O) groups is 3. The molecule has 77 heavy (non-hydrogen) atoms. The minimum Gasteiger partial charge on any atom is -0.463 e. The molecule has 0 aliphatic rings. The number of phosphoric ester groups is 2. The standard InChI is InChI=1S/C59H112O16P2/c1-4-7-10-13-16-19-22-25-26-29-31-33-36-39-42-45-57(62)69-48-54(60)49-71-76(65,66)72-50-55(61)51-73-77(67,68)74-53-56(75-59(64)47-44-41-38-35-32-28-24-21-18-15-12-9-6-3)52-70-58(63)46-43-40-37-34-30-27-23-20-17-14-11-8-5-2/h16,19,25-26,54-56,60-61H,4-15,17-18,20-24,27-53H2,1-3H3,(H,65,66)(H,67,68)/b19-16-,26-25-. The van der Waals surface area contributed by atoms with Crippen molar-refractivity contribution in [1.82, 2.24) is 0 Å². The zero-order chi connectivity index (χ0) is 56.8. The minimum absolute atomic E-state index is 0.114. The molecule has 0 rings (SSSR count). The molecule has 454 valence electrons. The molecule has 5 unspecified atom stereocenters. The average Bonchev–Trinajstić information content (AvgIpc) is 3.40. The lowest BCUT2D eigenvalue weighted by Crippen LogP contribution is -2.30. The maximum Gasteiger partial charge on any atom is 0.472 e. The van der Waals surface area contributed by atoms with E-state index >= 15 is 0 Å². The van der Waals surface area contributed by atoms with Gasteiger partial charge in [0.05, 0.1) is 26.4 Å². The molecular formula is C59H112O16P2. The van der Waals surface area contributed by atoms with Crippen LogP contribution in [0.3, 0.4) is 0 Å². The molecular weight excluding hydrogens is 1030 g/mol. The van der Waals surface area contributed by atoms with Gasteiger partial charge in [0, 0.05) is 19.3 Å². The number of phosphoric acid groups is 2. The van der Waals surface area contributed by atoms with E-state index < -0.39 is 91.5 Å². The summed E-state index contributed by atoms with van der Waals surface area (Å²) in [7, 11) is -9.74. The van der Waals surface area contributed by atoms with Crippen LogP contribution in [0, 0.1) is 0 Å². The Labute approximate surface area is 467 Å². The Morgan fingerprint density at radius 2 is 0.649 bits per heavy atom. The van der Waals surface area contributed by atoms with Crippen molar-refractivity contribution in [3.8, 4) is 0 Å². The van der Waals surface area contributed by atoms with Gasteiger partial charge >= 0.3 is 33.6 Å². The number of hydrogen-bond donors (Lipinski definition) is 4. The fourth-order valence-corrected chi connectivity index (χ4v) is 10.0. The first-order valence-corrected chi connectivity index (χ1v) is 33.6. The normalized spacial score (nSPS) is 14.6. The smallest absolute Gasteiger partial charge is 0.463 e. The highest BCUT2D eigenvalue weighted by Crippen LogP contribution is 2.45. The van der Waals surface area contributed by atoms with Crippen LogP contribution in [0.2, 0.25) is 0 Å². The van der Waals surface area contributed by atoms with E-state index in [0.717, 1.165) is 89.9 Å². The quantitative estimate of drug-likeness (QED) is 0.0146. The largest absolute Gasteiger partial charge is 0.472 e. The summed E-state index contributed by atoms with van der Waals surface area (Å²) in [5.41, 5.74) is 0. The summed E-state index contributed by atoms with van der Waals surface area (Å²) in [5.74, 6) is -1.57. The molecule has 0 saturated carbocycles. The molecule has 4 N–H and O–H groups in total. The van der Waals surface area contributed by atoms with Crippen molar-refractivity contribution in [3.05, 3.63) is 24.3 Å². The lowest BCUT2D eigenvalue weighted by Gasteiger charge is -2.21. The molecule has 0 aliphatic carbocycles. The monoisotopic (exact) mass is 1140 g/mol. The third-order valence-electron chi connectivity index (χ3n) is 13.2. The maximum atomic E-state index is 12.8. The summed E-state index contributed by atoms with van der Waals surface area (Å²) in [4.78, 5) is 58.0. The number of carbonyl (C=O) groups excluding carboxylic acids is 3. The lowest BCUT2D eigenvalue weighted by molar-refractivity contribution is -0.161. The molecule has 5 atom stereocenters. The fourth-order valence-electron chi connectivity index (χ4n) is 8.42. The van der Waals surface area contributed by atoms with Gasteiger partial charge in [0.1, 0.15) is 25.4 Å². The van der Waals surface area contributed by atoms with E-state index in [1.807, 2.05) is 0 Å². The van der Waals surface area contributed by atoms with E-state index in [-0.39, 0.29) is 19.3 Å². The van der Waals surface area contributed by atoms with E-state index in [2.05, 4.69) is 45.1 Å². The molecule has 0 spiro atoms. The van der Waals surface area contributed by atoms with Crippen LogP contribution in [-0.2, 0) is 55.8 Å². The Bertz CT molecular complexity index is 1530. The molecule has 0 heterocycles. The van der Waals surface area contributed by atoms with Crippen LogP contribution in [0.25, 0.3) is 0 Å². The number of aliphatic hydroxyl groups is 2. The highest BCUT2D eigenvalue weighted by atomic mass is 31.2. The molecule has 0 aromatic heterocycles. The topological polar surface area (TPSA) is 231 Å². The molecule has 16 nitrogen and oxygen atoms in total. The Morgan fingerprint density at radius 1 is 0.364 bits per heavy atom. The number of unbranched alkanes of at least 4 members (excludes halogenated alkanes) is 32. The van der Waals surface area contributed by atoms with E-state index in [1.54, 1.807) is 0 Å². The maximum absolute atomic E-state index is 12.8. The number of hydrogen-bond acceptors (Lipinski definition) is 14. The van der Waals surface area contributed by atoms with Crippen LogP contribution in [0.4, 0.5) is 0 Å². The molecule has 0 amide bonds. The summed E-state index contributed by atoms with van der Waals surface area (Å²) in [6, 6.07) is 0. The Kier molecular flexibility index (Phi) is 53.2. The number of allylic oxidation sites excluding steroid dienone is 4. The average molecular weight is 1140 g/mol. The summed E-state index contributed by atoms with van der Waals surface area (Å²) < 4.78 is 60.6. The fraction of sp³-hybridized carbons (Fsp3) is 0.881. The number of aliphatic hydroxyl groups excluding tert-OH is 2. The zero-order valence-corrected chi connectivity index (χ0v) is 50.4. The molecule has 0 aromatic rings. The first-order valence-electron chi connectivity index (χ1n) is 30.6. The van der Waals surface area contributed by atoms with Crippen LogP contribution in [-0.4, -0.2) is 95.9 Å². The van der Waals surface area contributed by atoms with Crippen LogP contribution in [0.15, 0.2) is 24.3 Å². The van der Waals surface area contributed by atoms with Gasteiger partial charge in [0.2, 0.25) is 0 Å². The molecule has 0 saturated heterocycles. The summed E-state index contributed by atoms with van der Waals surface area (Å²) >= 11 is 0. The van der Waals surface area contributed by atoms with Crippen molar-refractivity contribution >= 4 is 33.6 Å². The van der Waals surface area contributed by atoms with E-state index in [1.165, 1.54) is 128 Å². The molecule has 0 radical (unpaired) electrons. The predicted octanol–water partition coefficient (Wildman–Crippen LogP) is 15.7. The third kappa shape index (κ3) is 55.7. The van der Waals surface area contributed by atoms with Gasteiger partial charge in [-0.1, -0.05) is 231 Å². The van der Waals surface area contributed by atoms with Crippen molar-refractivity contribution in [3.63, 3.8) is 0 Å². The predicted molar refractivity (Wildman–Crippen MR) is 307 cm³/mol. The Morgan fingerprint density at radius 3 is 1.04 bits per heavy atom. The molecule has 0 aromatic carbocycles. The van der Waals surface area contributed by atoms with Gasteiger partial charge in [0.25, 0.3) is 0 Å². The van der Waals surface area contributed by atoms with Crippen molar-refractivity contribution in [2.24, 2.45) is 0 Å². The molecule has 18 heteroatoms. The van der Waals surface area contributed by atoms with Gasteiger partial charge in [-0.25, -0.2) is 9.13 Å². The number of ether oxygens (including phenoxy) is 3. The second-order valence-corrected chi connectivity index (χ2v) is 23.8. The van der Waals surface area contributed by atoms with Crippen LogP contribution in [0.5, 0.6) is 0 Å². The Balaban J connectivity index is 4.66. The molecule has 0 fully saturated rings. The first-order chi connectivity index (χ1) is 37.2. The molecule has 0 bridgehead atoms. The van der Waals surface area contributed by atoms with Gasteiger partial charge in [-0.3, -0.25) is 32.5 Å². The van der Waals surface area contributed by atoms with Crippen molar-refractivity contribution < 1.29 is 75.8 Å². The van der Waals surface area contributed by atoms with E-state index in [0.29, 0.717) is 19.3 Å². The second-order valence-electron chi connectivity index (χ2n) is 20.9. The third-order valence-corrected chi connectivity index (χ3v) is 15.1. The van der Waals surface area contributed by atoms with Crippen molar-refractivity contribution in [1.29, 1.82) is 0 Å². The van der Waals surface area contributed by atoms with Crippen LogP contribution < -0.4 is 0 Å². The van der Waals surface area contributed by atoms with Gasteiger partial charge < -0.3 is 34.2 Å². The zero-order valence-electron chi connectivity index (χ0n) is 48.7. The minimum atomic E-state index is -4.90. The first kappa shape index (κ1) is 75.0. The van der Waals surface area contributed by atoms with Gasteiger partial charge in [-0.05, 0) is 51.4 Å².